The second-order valence-electron chi connectivity index (χ2n) is 3.91. The van der Waals surface area contributed by atoms with Gasteiger partial charge in [0.15, 0.2) is 0 Å². The number of hydrogen-bond donors (Lipinski definition) is 1. The van der Waals surface area contributed by atoms with Gasteiger partial charge in [-0.25, -0.2) is 13.8 Å². The Kier molecular flexibility index (Phi) is 2.70. The summed E-state index contributed by atoms with van der Waals surface area (Å²) in [5, 5.41) is 0.717. The number of rotatable bonds is 1. The van der Waals surface area contributed by atoms with E-state index in [0.29, 0.717) is 11.0 Å². The summed E-state index contributed by atoms with van der Waals surface area (Å²) in [6.45, 7) is 0. The van der Waals surface area contributed by atoms with Crippen molar-refractivity contribution in [2.45, 2.75) is 0 Å². The van der Waals surface area contributed by atoms with Crippen LogP contribution < -0.4 is 5.73 Å². The van der Waals surface area contributed by atoms with Crippen LogP contribution in [-0.4, -0.2) is 14.5 Å². The largest absolute Gasteiger partial charge is 0.368 e. The summed E-state index contributed by atoms with van der Waals surface area (Å²) >= 11 is 3.03. The fourth-order valence-corrected chi connectivity index (χ4v) is 2.15. The lowest BCUT2D eigenvalue weighted by atomic mass is 10.3. The van der Waals surface area contributed by atoms with Gasteiger partial charge in [-0.05, 0) is 28.1 Å². The number of nitrogen functional groups attached to an aromatic ring is 1. The molecule has 0 bridgehead atoms. The van der Waals surface area contributed by atoms with Gasteiger partial charge in [-0.2, -0.15) is 4.98 Å². The van der Waals surface area contributed by atoms with E-state index in [9.17, 15) is 8.78 Å². The molecule has 0 fully saturated rings. The van der Waals surface area contributed by atoms with Crippen molar-refractivity contribution in [1.82, 2.24) is 14.5 Å². The Bertz CT molecular complexity index is 785. The van der Waals surface area contributed by atoms with E-state index in [1.807, 2.05) is 0 Å². The second kappa shape index (κ2) is 4.27. The van der Waals surface area contributed by atoms with Crippen LogP contribution in [0.1, 0.15) is 0 Å². The normalized spacial score (nSPS) is 11.1. The fourth-order valence-electron chi connectivity index (χ4n) is 1.82. The van der Waals surface area contributed by atoms with Crippen LogP contribution in [0.15, 0.2) is 35.1 Å². The Morgan fingerprint density at radius 3 is 2.79 bits per heavy atom. The molecule has 0 atom stereocenters. The highest BCUT2D eigenvalue weighted by molar-refractivity contribution is 9.10. The Labute approximate surface area is 115 Å². The number of nitrogens with two attached hydrogens (primary N) is 1. The number of fused-ring (bicyclic) bond motifs is 1. The van der Waals surface area contributed by atoms with Crippen LogP contribution in [0.25, 0.3) is 16.7 Å². The van der Waals surface area contributed by atoms with Crippen LogP contribution in [0, 0.1) is 11.6 Å². The SMILES string of the molecule is Nc1ncc2ccn(-c3cc(Br)c(F)cc3F)c2n1. The van der Waals surface area contributed by atoms with Crippen LogP contribution in [0.4, 0.5) is 14.7 Å². The molecule has 3 aromatic rings. The molecule has 2 aromatic heterocycles. The third kappa shape index (κ3) is 1.95. The first-order valence-electron chi connectivity index (χ1n) is 5.31. The molecule has 0 aliphatic rings. The molecule has 0 saturated carbocycles. The zero-order valence-electron chi connectivity index (χ0n) is 9.44. The van der Waals surface area contributed by atoms with Gasteiger partial charge >= 0.3 is 0 Å². The van der Waals surface area contributed by atoms with Crippen LogP contribution in [0.2, 0.25) is 0 Å². The first-order valence-corrected chi connectivity index (χ1v) is 6.10. The van der Waals surface area contributed by atoms with Crippen molar-refractivity contribution in [3.05, 3.63) is 46.7 Å². The topological polar surface area (TPSA) is 56.7 Å². The van der Waals surface area contributed by atoms with Crippen molar-refractivity contribution >= 4 is 32.9 Å². The number of halogens is 3. The van der Waals surface area contributed by atoms with E-state index in [2.05, 4.69) is 25.9 Å². The molecule has 7 heteroatoms. The molecule has 19 heavy (non-hydrogen) atoms. The van der Waals surface area contributed by atoms with Gasteiger partial charge in [0.05, 0.1) is 10.2 Å². The average molecular weight is 325 g/mol. The molecule has 2 N–H and O–H groups in total. The molecule has 0 saturated heterocycles. The molecular formula is C12H7BrF2N4. The quantitative estimate of drug-likeness (QED) is 0.700. The Morgan fingerprint density at radius 2 is 2.00 bits per heavy atom. The van der Waals surface area contributed by atoms with Crippen molar-refractivity contribution in [1.29, 1.82) is 0 Å². The first-order chi connectivity index (χ1) is 9.06. The molecule has 0 amide bonds. The number of aromatic nitrogens is 3. The highest BCUT2D eigenvalue weighted by Gasteiger charge is 2.13. The minimum absolute atomic E-state index is 0.0917. The molecule has 4 nitrogen and oxygen atoms in total. The van der Waals surface area contributed by atoms with Crippen LogP contribution in [-0.2, 0) is 0 Å². The molecule has 96 valence electrons. The molecule has 2 heterocycles. The van der Waals surface area contributed by atoms with Gasteiger partial charge in [0.1, 0.15) is 17.3 Å². The van der Waals surface area contributed by atoms with Crippen LogP contribution in [0.5, 0.6) is 0 Å². The zero-order valence-corrected chi connectivity index (χ0v) is 11.0. The van der Waals surface area contributed by atoms with Gasteiger partial charge in [0.2, 0.25) is 5.95 Å². The molecule has 0 radical (unpaired) electrons. The molecular weight excluding hydrogens is 318 g/mol. The lowest BCUT2D eigenvalue weighted by Crippen LogP contribution is -2.01. The lowest BCUT2D eigenvalue weighted by Gasteiger charge is -2.07. The van der Waals surface area contributed by atoms with Crippen molar-refractivity contribution in [2.75, 3.05) is 5.73 Å². The minimum Gasteiger partial charge on any atom is -0.368 e. The van der Waals surface area contributed by atoms with Crippen molar-refractivity contribution in [2.24, 2.45) is 0 Å². The van der Waals surface area contributed by atoms with Gasteiger partial charge < -0.3 is 5.73 Å². The Balaban J connectivity index is 2.30. The third-order valence-electron chi connectivity index (χ3n) is 2.70. The molecule has 0 aliphatic carbocycles. The van der Waals surface area contributed by atoms with Crippen LogP contribution in [0.3, 0.4) is 0 Å². The van der Waals surface area contributed by atoms with E-state index < -0.39 is 11.6 Å². The highest BCUT2D eigenvalue weighted by atomic mass is 79.9. The molecule has 1 aromatic carbocycles. The monoisotopic (exact) mass is 324 g/mol. The lowest BCUT2D eigenvalue weighted by molar-refractivity contribution is 0.574. The minimum atomic E-state index is -0.685. The Hall–Kier alpha value is -2.02. The van der Waals surface area contributed by atoms with Crippen molar-refractivity contribution in [3.63, 3.8) is 0 Å². The van der Waals surface area contributed by atoms with Gasteiger partial charge in [0, 0.05) is 23.8 Å². The predicted octanol–water partition coefficient (Wildman–Crippen LogP) is 3.04. The molecule has 0 aliphatic heterocycles. The average Bonchev–Trinajstić information content (AvgIpc) is 2.76. The molecule has 0 unspecified atom stereocenters. The summed E-state index contributed by atoms with van der Waals surface area (Å²) in [5.41, 5.74) is 6.17. The molecule has 0 spiro atoms. The smallest absolute Gasteiger partial charge is 0.221 e. The Morgan fingerprint density at radius 1 is 1.21 bits per heavy atom. The van der Waals surface area contributed by atoms with E-state index in [4.69, 9.17) is 5.73 Å². The van der Waals surface area contributed by atoms with E-state index in [-0.39, 0.29) is 16.1 Å². The fraction of sp³-hybridized carbons (Fsp3) is 0. The number of hydrogen-bond acceptors (Lipinski definition) is 3. The van der Waals surface area contributed by atoms with Gasteiger partial charge in [0.25, 0.3) is 0 Å². The molecule has 3 rings (SSSR count). The van der Waals surface area contributed by atoms with Gasteiger partial charge in [-0.15, -0.1) is 0 Å². The van der Waals surface area contributed by atoms with E-state index >= 15 is 0 Å². The van der Waals surface area contributed by atoms with Crippen molar-refractivity contribution in [3.8, 4) is 5.69 Å². The second-order valence-corrected chi connectivity index (χ2v) is 4.76. The highest BCUT2D eigenvalue weighted by Crippen LogP contribution is 2.26. The number of nitrogens with zero attached hydrogens (tertiary/aromatic N) is 3. The summed E-state index contributed by atoms with van der Waals surface area (Å²) in [5.74, 6) is -1.25. The number of benzene rings is 1. The van der Waals surface area contributed by atoms with Crippen LogP contribution >= 0.6 is 15.9 Å². The zero-order chi connectivity index (χ0) is 13.6. The van der Waals surface area contributed by atoms with Gasteiger partial charge in [-0.1, -0.05) is 0 Å². The summed E-state index contributed by atoms with van der Waals surface area (Å²) in [6, 6.07) is 3.89. The van der Waals surface area contributed by atoms with E-state index in [0.717, 1.165) is 6.07 Å². The van der Waals surface area contributed by atoms with Gasteiger partial charge in [-0.3, -0.25) is 4.57 Å². The first kappa shape index (κ1) is 12.0. The number of anilines is 1. The summed E-state index contributed by atoms with van der Waals surface area (Å²) < 4.78 is 28.8. The summed E-state index contributed by atoms with van der Waals surface area (Å²) in [6.07, 6.45) is 3.17. The van der Waals surface area contributed by atoms with E-state index in [1.54, 1.807) is 18.5 Å². The summed E-state index contributed by atoms with van der Waals surface area (Å²) in [7, 11) is 0. The summed E-state index contributed by atoms with van der Waals surface area (Å²) in [4.78, 5) is 7.92. The third-order valence-corrected chi connectivity index (χ3v) is 3.30. The maximum absolute atomic E-state index is 13.9. The maximum atomic E-state index is 13.9. The van der Waals surface area contributed by atoms with Crippen molar-refractivity contribution < 1.29 is 8.78 Å². The standard InChI is InChI=1S/C12H7BrF2N4/c13-7-3-10(9(15)4-8(7)14)19-2-1-6-5-17-12(16)18-11(6)19/h1-5H,(H2,16,17,18). The van der Waals surface area contributed by atoms with E-state index in [1.165, 1.54) is 10.6 Å². The predicted molar refractivity (Wildman–Crippen MR) is 70.9 cm³/mol. The maximum Gasteiger partial charge on any atom is 0.221 e.